The lowest BCUT2D eigenvalue weighted by Gasteiger charge is -2.18. The van der Waals surface area contributed by atoms with Gasteiger partial charge in [-0.2, -0.15) is 13.2 Å². The smallest absolute Gasteiger partial charge is 0.416 e. The maximum atomic E-state index is 12.6. The first-order chi connectivity index (χ1) is 8.75. The molecule has 0 aliphatic rings. The lowest BCUT2D eigenvalue weighted by atomic mass is 10.1. The van der Waals surface area contributed by atoms with Crippen LogP contribution >= 0.6 is 12.2 Å². The zero-order valence-corrected chi connectivity index (χ0v) is 11.6. The highest BCUT2D eigenvalue weighted by Crippen LogP contribution is 2.33. The van der Waals surface area contributed by atoms with E-state index in [1.54, 1.807) is 0 Å². The minimum absolute atomic E-state index is 0.102. The van der Waals surface area contributed by atoms with Gasteiger partial charge in [0.15, 0.2) is 0 Å². The van der Waals surface area contributed by atoms with Gasteiger partial charge in [-0.15, -0.1) is 0 Å². The summed E-state index contributed by atoms with van der Waals surface area (Å²) in [6.07, 6.45) is -2.80. The minimum Gasteiger partial charge on any atom is -0.490 e. The second-order valence-electron chi connectivity index (χ2n) is 4.29. The van der Waals surface area contributed by atoms with Crippen LogP contribution < -0.4 is 10.5 Å². The first-order valence-electron chi connectivity index (χ1n) is 5.93. The molecule has 0 aromatic heterocycles. The molecule has 0 saturated carbocycles. The Balaban J connectivity index is 3.09. The Morgan fingerprint density at radius 1 is 1.42 bits per heavy atom. The van der Waals surface area contributed by atoms with Crippen LogP contribution in [0.15, 0.2) is 18.2 Å². The van der Waals surface area contributed by atoms with Gasteiger partial charge in [-0.1, -0.05) is 25.6 Å². The third-order valence-corrected chi connectivity index (χ3v) is 2.82. The molecule has 6 heteroatoms. The lowest BCUT2D eigenvalue weighted by molar-refractivity contribution is -0.137. The van der Waals surface area contributed by atoms with E-state index in [2.05, 4.69) is 0 Å². The summed E-state index contributed by atoms with van der Waals surface area (Å²) < 4.78 is 43.4. The Kier molecular flexibility index (Phi) is 5.17. The van der Waals surface area contributed by atoms with Gasteiger partial charge in [0, 0.05) is 0 Å². The highest BCUT2D eigenvalue weighted by Gasteiger charge is 2.31. The molecule has 1 rings (SSSR count). The van der Waals surface area contributed by atoms with E-state index in [1.165, 1.54) is 6.07 Å². The molecule has 0 bridgehead atoms. The van der Waals surface area contributed by atoms with Crippen molar-refractivity contribution in [3.63, 3.8) is 0 Å². The zero-order valence-electron chi connectivity index (χ0n) is 10.8. The third-order valence-electron chi connectivity index (χ3n) is 2.60. The van der Waals surface area contributed by atoms with Gasteiger partial charge in [-0.3, -0.25) is 0 Å². The van der Waals surface area contributed by atoms with Gasteiger partial charge >= 0.3 is 6.18 Å². The number of benzene rings is 1. The molecule has 2 nitrogen and oxygen atoms in total. The fourth-order valence-corrected chi connectivity index (χ4v) is 1.84. The van der Waals surface area contributed by atoms with Crippen LogP contribution in [-0.4, -0.2) is 11.1 Å². The van der Waals surface area contributed by atoms with E-state index in [0.717, 1.165) is 25.0 Å². The van der Waals surface area contributed by atoms with Crippen LogP contribution in [0, 0.1) is 0 Å². The van der Waals surface area contributed by atoms with Gasteiger partial charge in [0.25, 0.3) is 0 Å². The number of hydrogen-bond acceptors (Lipinski definition) is 2. The van der Waals surface area contributed by atoms with Crippen molar-refractivity contribution in [1.82, 2.24) is 0 Å². The topological polar surface area (TPSA) is 35.2 Å². The van der Waals surface area contributed by atoms with Gasteiger partial charge in [-0.25, -0.2) is 0 Å². The first kappa shape index (κ1) is 15.8. The third kappa shape index (κ3) is 4.38. The Morgan fingerprint density at radius 3 is 2.53 bits per heavy atom. The molecule has 0 saturated heterocycles. The molecule has 1 aromatic carbocycles. The lowest BCUT2D eigenvalue weighted by Crippen LogP contribution is -2.18. The summed E-state index contributed by atoms with van der Waals surface area (Å²) >= 11 is 4.78. The van der Waals surface area contributed by atoms with Crippen molar-refractivity contribution < 1.29 is 17.9 Å². The molecule has 0 amide bonds. The van der Waals surface area contributed by atoms with Gasteiger partial charge in [0.2, 0.25) is 0 Å². The van der Waals surface area contributed by atoms with E-state index in [1.807, 2.05) is 13.8 Å². The number of thiocarbonyl (C=S) groups is 1. The number of halogens is 3. The Labute approximate surface area is 115 Å². The first-order valence-corrected chi connectivity index (χ1v) is 6.34. The normalized spacial score (nSPS) is 13.1. The summed E-state index contributed by atoms with van der Waals surface area (Å²) in [5, 5.41) is 0. The molecular weight excluding hydrogens is 275 g/mol. The van der Waals surface area contributed by atoms with Crippen LogP contribution in [0.1, 0.15) is 37.8 Å². The molecule has 1 atom stereocenters. The molecule has 19 heavy (non-hydrogen) atoms. The fraction of sp³-hybridized carbons (Fsp3) is 0.462. The van der Waals surface area contributed by atoms with Crippen LogP contribution in [0.4, 0.5) is 13.2 Å². The Bertz CT molecular complexity index is 460. The van der Waals surface area contributed by atoms with Gasteiger partial charge in [-0.05, 0) is 31.5 Å². The molecule has 0 radical (unpaired) electrons. The highest BCUT2D eigenvalue weighted by molar-refractivity contribution is 7.80. The van der Waals surface area contributed by atoms with Crippen molar-refractivity contribution >= 4 is 17.2 Å². The van der Waals surface area contributed by atoms with Crippen LogP contribution in [0.2, 0.25) is 0 Å². The number of alkyl halides is 3. The Morgan fingerprint density at radius 2 is 2.05 bits per heavy atom. The second-order valence-corrected chi connectivity index (χ2v) is 4.73. The largest absolute Gasteiger partial charge is 0.490 e. The minimum atomic E-state index is -4.42. The van der Waals surface area contributed by atoms with Crippen molar-refractivity contribution in [1.29, 1.82) is 0 Å². The highest BCUT2D eigenvalue weighted by atomic mass is 32.1. The second kappa shape index (κ2) is 6.23. The Hall–Kier alpha value is -1.30. The van der Waals surface area contributed by atoms with Crippen molar-refractivity contribution in [2.75, 3.05) is 0 Å². The molecule has 1 unspecified atom stereocenters. The van der Waals surface area contributed by atoms with Crippen LogP contribution in [0.5, 0.6) is 5.75 Å². The zero-order chi connectivity index (χ0) is 14.6. The van der Waals surface area contributed by atoms with Gasteiger partial charge < -0.3 is 10.5 Å². The standard InChI is InChI=1S/C13H16F3NOS/c1-3-4-8(2)18-11-6-5-9(13(14,15)16)7-10(11)12(17)19/h5-8H,3-4H2,1-2H3,(H2,17,19). The van der Waals surface area contributed by atoms with E-state index in [9.17, 15) is 13.2 Å². The van der Waals surface area contributed by atoms with E-state index in [4.69, 9.17) is 22.7 Å². The summed E-state index contributed by atoms with van der Waals surface area (Å²) in [5.74, 6) is 0.293. The molecule has 0 fully saturated rings. The number of nitrogens with two attached hydrogens (primary N) is 1. The summed E-state index contributed by atoms with van der Waals surface area (Å²) in [7, 11) is 0. The number of rotatable bonds is 5. The predicted molar refractivity (Wildman–Crippen MR) is 72.3 cm³/mol. The molecule has 1 aromatic rings. The summed E-state index contributed by atoms with van der Waals surface area (Å²) in [5.41, 5.74) is 4.79. The van der Waals surface area contributed by atoms with Crippen molar-refractivity contribution in [2.45, 2.75) is 39.0 Å². The van der Waals surface area contributed by atoms with Crippen molar-refractivity contribution in [3.05, 3.63) is 29.3 Å². The monoisotopic (exact) mass is 291 g/mol. The maximum absolute atomic E-state index is 12.6. The van der Waals surface area contributed by atoms with Gasteiger partial charge in [0.1, 0.15) is 10.7 Å². The van der Waals surface area contributed by atoms with Crippen molar-refractivity contribution in [2.24, 2.45) is 5.73 Å². The molecular formula is C13H16F3NOS. The van der Waals surface area contributed by atoms with E-state index >= 15 is 0 Å². The molecule has 2 N–H and O–H groups in total. The predicted octanol–water partition coefficient (Wildman–Crippen LogP) is 3.91. The fourth-order valence-electron chi connectivity index (χ4n) is 1.68. The molecule has 0 aliphatic heterocycles. The molecule has 0 aliphatic carbocycles. The molecule has 0 spiro atoms. The van der Waals surface area contributed by atoms with E-state index in [-0.39, 0.29) is 16.7 Å². The quantitative estimate of drug-likeness (QED) is 0.835. The van der Waals surface area contributed by atoms with Crippen LogP contribution in [-0.2, 0) is 6.18 Å². The van der Waals surface area contributed by atoms with E-state index in [0.29, 0.717) is 5.75 Å². The van der Waals surface area contributed by atoms with E-state index < -0.39 is 11.7 Å². The SMILES string of the molecule is CCCC(C)Oc1ccc(C(F)(F)F)cc1C(N)=S. The number of ether oxygens (including phenoxy) is 1. The average Bonchev–Trinajstić information content (AvgIpc) is 2.27. The van der Waals surface area contributed by atoms with Gasteiger partial charge in [0.05, 0.1) is 17.2 Å². The summed E-state index contributed by atoms with van der Waals surface area (Å²) in [6, 6.07) is 3.16. The van der Waals surface area contributed by atoms with Crippen LogP contribution in [0.3, 0.4) is 0 Å². The maximum Gasteiger partial charge on any atom is 0.416 e. The number of hydrogen-bond donors (Lipinski definition) is 1. The molecule has 0 heterocycles. The molecule has 106 valence electrons. The summed E-state index contributed by atoms with van der Waals surface area (Å²) in [4.78, 5) is -0.107. The summed E-state index contributed by atoms with van der Waals surface area (Å²) in [6.45, 7) is 3.85. The van der Waals surface area contributed by atoms with Crippen molar-refractivity contribution in [3.8, 4) is 5.75 Å². The van der Waals surface area contributed by atoms with Crippen LogP contribution in [0.25, 0.3) is 0 Å². The average molecular weight is 291 g/mol.